The Balaban J connectivity index is 1.59. The van der Waals surface area contributed by atoms with Crippen molar-refractivity contribution in [2.24, 2.45) is 0 Å². The first kappa shape index (κ1) is 19.5. The van der Waals surface area contributed by atoms with Crippen LogP contribution in [0, 0.1) is 13.8 Å². The summed E-state index contributed by atoms with van der Waals surface area (Å²) in [6.45, 7) is 5.38. The minimum Gasteiger partial charge on any atom is -0.486 e. The van der Waals surface area contributed by atoms with Crippen molar-refractivity contribution >= 4 is 32.6 Å². The van der Waals surface area contributed by atoms with Crippen LogP contribution >= 0.6 is 11.3 Å². The molecule has 1 aliphatic rings. The van der Waals surface area contributed by atoms with Gasteiger partial charge in [0.25, 0.3) is 5.91 Å². The van der Waals surface area contributed by atoms with Gasteiger partial charge in [-0.15, -0.1) is 0 Å². The van der Waals surface area contributed by atoms with Gasteiger partial charge >= 0.3 is 0 Å². The highest BCUT2D eigenvalue weighted by Gasteiger charge is 2.24. The Kier molecular flexibility index (Phi) is 5.03. The van der Waals surface area contributed by atoms with E-state index in [1.807, 2.05) is 56.3 Å². The average molecular weight is 432 g/mol. The number of amides is 1. The van der Waals surface area contributed by atoms with Crippen LogP contribution in [0.5, 0.6) is 11.5 Å². The number of aromatic nitrogens is 2. The lowest BCUT2D eigenvalue weighted by Gasteiger charge is -2.21. The van der Waals surface area contributed by atoms with Crippen LogP contribution in [-0.4, -0.2) is 29.1 Å². The number of ether oxygens (including phenoxy) is 2. The minimum atomic E-state index is -0.0821. The summed E-state index contributed by atoms with van der Waals surface area (Å²) < 4.78 is 12.3. The molecule has 0 spiro atoms. The maximum absolute atomic E-state index is 13.7. The summed E-state index contributed by atoms with van der Waals surface area (Å²) in [4.78, 5) is 24.4. The second kappa shape index (κ2) is 8.00. The predicted octanol–water partition coefficient (Wildman–Crippen LogP) is 4.93. The molecule has 1 aliphatic heterocycles. The van der Waals surface area contributed by atoms with Crippen molar-refractivity contribution in [2.45, 2.75) is 20.4 Å². The van der Waals surface area contributed by atoms with Crippen molar-refractivity contribution in [1.82, 2.24) is 9.97 Å². The first-order valence-corrected chi connectivity index (χ1v) is 10.9. The molecular formula is C24H21N3O3S. The zero-order valence-corrected chi connectivity index (χ0v) is 18.1. The zero-order chi connectivity index (χ0) is 21.4. The summed E-state index contributed by atoms with van der Waals surface area (Å²) in [6, 6.07) is 13.6. The molecule has 0 aliphatic carbocycles. The summed E-state index contributed by atoms with van der Waals surface area (Å²) >= 11 is 1.47. The number of aryl methyl sites for hydroxylation is 2. The van der Waals surface area contributed by atoms with Crippen molar-refractivity contribution < 1.29 is 14.3 Å². The largest absolute Gasteiger partial charge is 0.486 e. The Hall–Kier alpha value is -3.45. The maximum atomic E-state index is 13.7. The Bertz CT molecular complexity index is 1230. The van der Waals surface area contributed by atoms with E-state index in [1.54, 1.807) is 17.3 Å². The second-order valence-corrected chi connectivity index (χ2v) is 8.54. The number of benzene rings is 2. The molecule has 2 aromatic heterocycles. The summed E-state index contributed by atoms with van der Waals surface area (Å²) in [5, 5.41) is 0.632. The topological polar surface area (TPSA) is 64.6 Å². The number of carbonyl (C=O) groups is 1. The molecule has 0 radical (unpaired) electrons. The van der Waals surface area contributed by atoms with E-state index in [4.69, 9.17) is 14.5 Å². The van der Waals surface area contributed by atoms with Gasteiger partial charge in [-0.05, 0) is 37.1 Å². The van der Waals surface area contributed by atoms with Crippen LogP contribution in [0.1, 0.15) is 27.0 Å². The molecule has 5 rings (SSSR count). The molecule has 0 unspecified atom stereocenters. The third kappa shape index (κ3) is 3.84. The number of hydrogen-bond acceptors (Lipinski definition) is 6. The summed E-state index contributed by atoms with van der Waals surface area (Å²) in [5.74, 6) is 1.32. The smallest absolute Gasteiger partial charge is 0.260 e. The van der Waals surface area contributed by atoms with Crippen molar-refractivity contribution in [1.29, 1.82) is 0 Å². The van der Waals surface area contributed by atoms with Crippen molar-refractivity contribution in [3.63, 3.8) is 0 Å². The van der Waals surface area contributed by atoms with Gasteiger partial charge in [-0.1, -0.05) is 35.1 Å². The number of pyridine rings is 1. The van der Waals surface area contributed by atoms with Gasteiger partial charge in [0.2, 0.25) is 0 Å². The molecule has 7 heteroatoms. The van der Waals surface area contributed by atoms with E-state index in [0.29, 0.717) is 42.0 Å². The van der Waals surface area contributed by atoms with Gasteiger partial charge < -0.3 is 9.47 Å². The highest BCUT2D eigenvalue weighted by molar-refractivity contribution is 7.22. The third-order valence-corrected chi connectivity index (χ3v) is 6.25. The second-order valence-electron chi connectivity index (χ2n) is 7.53. The van der Waals surface area contributed by atoms with Crippen LogP contribution in [0.15, 0.2) is 54.9 Å². The van der Waals surface area contributed by atoms with Gasteiger partial charge in [-0.3, -0.25) is 14.7 Å². The number of fused-ring (bicyclic) bond motifs is 2. The number of anilines is 1. The minimum absolute atomic E-state index is 0.0821. The fourth-order valence-electron chi connectivity index (χ4n) is 3.58. The van der Waals surface area contributed by atoms with Crippen molar-refractivity contribution in [3.8, 4) is 11.5 Å². The molecule has 1 amide bonds. The first-order valence-electron chi connectivity index (χ1n) is 10.1. The fraction of sp³-hybridized carbons (Fsp3) is 0.208. The SMILES string of the molecule is Cc1ccc(C)c(C(=O)N(Cc2cccnc2)c2nc3cc4c(cc3s2)OCCO4)c1. The van der Waals surface area contributed by atoms with Crippen molar-refractivity contribution in [2.75, 3.05) is 18.1 Å². The molecule has 0 N–H and O–H groups in total. The molecule has 0 fully saturated rings. The van der Waals surface area contributed by atoms with Gasteiger partial charge in [0, 0.05) is 30.1 Å². The number of hydrogen-bond donors (Lipinski definition) is 0. The lowest BCUT2D eigenvalue weighted by atomic mass is 10.0. The normalized spacial score (nSPS) is 12.7. The molecule has 0 saturated carbocycles. The summed E-state index contributed by atoms with van der Waals surface area (Å²) in [6.07, 6.45) is 3.50. The Morgan fingerprint density at radius 1 is 1.10 bits per heavy atom. The van der Waals surface area contributed by atoms with Crippen LogP contribution < -0.4 is 14.4 Å². The van der Waals surface area contributed by atoms with E-state index in [9.17, 15) is 4.79 Å². The van der Waals surface area contributed by atoms with E-state index in [1.165, 1.54) is 11.3 Å². The van der Waals surface area contributed by atoms with E-state index >= 15 is 0 Å². The van der Waals surface area contributed by atoms with Gasteiger partial charge in [0.15, 0.2) is 16.6 Å². The van der Waals surface area contributed by atoms with E-state index in [-0.39, 0.29) is 5.91 Å². The highest BCUT2D eigenvalue weighted by atomic mass is 32.1. The van der Waals surface area contributed by atoms with Gasteiger partial charge in [0.05, 0.1) is 16.8 Å². The lowest BCUT2D eigenvalue weighted by molar-refractivity contribution is 0.0984. The van der Waals surface area contributed by atoms with E-state index in [0.717, 1.165) is 26.9 Å². The van der Waals surface area contributed by atoms with Crippen LogP contribution in [0.3, 0.4) is 0 Å². The zero-order valence-electron chi connectivity index (χ0n) is 17.3. The molecular weight excluding hydrogens is 410 g/mol. The molecule has 156 valence electrons. The molecule has 31 heavy (non-hydrogen) atoms. The molecule has 0 saturated heterocycles. The van der Waals surface area contributed by atoms with Gasteiger partial charge in [-0.25, -0.2) is 4.98 Å². The average Bonchev–Trinajstić information content (AvgIpc) is 3.20. The Morgan fingerprint density at radius 3 is 2.68 bits per heavy atom. The number of carbonyl (C=O) groups excluding carboxylic acids is 1. The number of thiazole rings is 1. The summed E-state index contributed by atoms with van der Waals surface area (Å²) in [7, 11) is 0. The fourth-order valence-corrected chi connectivity index (χ4v) is 4.55. The Labute approximate surface area is 184 Å². The molecule has 0 bridgehead atoms. The quantitative estimate of drug-likeness (QED) is 0.459. The molecule has 3 heterocycles. The van der Waals surface area contributed by atoms with Crippen LogP contribution in [-0.2, 0) is 6.54 Å². The first-order chi connectivity index (χ1) is 15.1. The molecule has 6 nitrogen and oxygen atoms in total. The standard InChI is InChI=1S/C24H21N3O3S/c1-15-5-6-16(2)18(10-15)23(28)27(14-17-4-3-7-25-13-17)24-26-19-11-20-21(12-22(19)31-24)30-9-8-29-20/h3-7,10-13H,8-9,14H2,1-2H3. The lowest BCUT2D eigenvalue weighted by Crippen LogP contribution is -2.31. The van der Waals surface area contributed by atoms with E-state index < -0.39 is 0 Å². The molecule has 4 aromatic rings. The molecule has 0 atom stereocenters. The van der Waals surface area contributed by atoms with Crippen molar-refractivity contribution in [3.05, 3.63) is 77.1 Å². The maximum Gasteiger partial charge on any atom is 0.260 e. The van der Waals surface area contributed by atoms with Gasteiger partial charge in [0.1, 0.15) is 13.2 Å². The third-order valence-electron chi connectivity index (χ3n) is 5.20. The van der Waals surface area contributed by atoms with Crippen LogP contribution in [0.4, 0.5) is 5.13 Å². The van der Waals surface area contributed by atoms with Crippen LogP contribution in [0.2, 0.25) is 0 Å². The number of rotatable bonds is 4. The number of nitrogens with zero attached hydrogens (tertiary/aromatic N) is 3. The Morgan fingerprint density at radius 2 is 1.90 bits per heavy atom. The highest BCUT2D eigenvalue weighted by Crippen LogP contribution is 2.39. The predicted molar refractivity (Wildman–Crippen MR) is 121 cm³/mol. The van der Waals surface area contributed by atoms with E-state index in [2.05, 4.69) is 4.98 Å². The monoisotopic (exact) mass is 431 g/mol. The molecule has 2 aromatic carbocycles. The van der Waals surface area contributed by atoms with Crippen LogP contribution in [0.25, 0.3) is 10.2 Å². The summed E-state index contributed by atoms with van der Waals surface area (Å²) in [5.41, 5.74) is 4.38. The van der Waals surface area contributed by atoms with Gasteiger partial charge in [-0.2, -0.15) is 0 Å².